The molecule has 0 atom stereocenters. The van der Waals surface area contributed by atoms with Crippen molar-refractivity contribution in [2.24, 2.45) is 0 Å². The van der Waals surface area contributed by atoms with Gasteiger partial charge in [0.2, 0.25) is 0 Å². The van der Waals surface area contributed by atoms with Gasteiger partial charge in [-0.2, -0.15) is 0 Å². The molecule has 0 saturated carbocycles. The molecule has 1 rings (SSSR count). The van der Waals surface area contributed by atoms with E-state index in [1.165, 1.54) is 17.3 Å². The van der Waals surface area contributed by atoms with E-state index in [1.807, 2.05) is 7.98 Å². The Balaban J connectivity index is 2.00. The standard InChI is InChI=1S/C4H9OS2.Sn/c1-2-3-4-5-7-6;/h6H,1-4H2;/q;+1/p-1. The normalized spacial score (nSPS) is 24.0. The van der Waals surface area contributed by atoms with Gasteiger partial charge in [0.1, 0.15) is 0 Å². The summed E-state index contributed by atoms with van der Waals surface area (Å²) in [5.74, 6) is 0. The summed E-state index contributed by atoms with van der Waals surface area (Å²) in [5, 5.41) is 0. The zero-order valence-corrected chi connectivity index (χ0v) is 9.04. The predicted octanol–water partition coefficient (Wildman–Crippen LogP) is 2.13. The fourth-order valence-electron chi connectivity index (χ4n) is 0.482. The summed E-state index contributed by atoms with van der Waals surface area (Å²) in [6.07, 6.45) is 2.70. The van der Waals surface area contributed by atoms with Crippen LogP contribution in [0, 0.1) is 0 Å². The third kappa shape index (κ3) is 3.48. The molecule has 4 heteroatoms. The minimum atomic E-state index is -0.0287. The van der Waals surface area contributed by atoms with Crippen LogP contribution in [-0.2, 0) is 4.18 Å². The van der Waals surface area contributed by atoms with E-state index in [2.05, 4.69) is 0 Å². The van der Waals surface area contributed by atoms with E-state index in [9.17, 15) is 0 Å². The van der Waals surface area contributed by atoms with Crippen LogP contribution in [0.3, 0.4) is 0 Å². The molecule has 0 unspecified atom stereocenters. The topological polar surface area (TPSA) is 9.23 Å². The molecule has 1 heterocycles. The molecule has 0 spiro atoms. The zero-order valence-electron chi connectivity index (χ0n) is 4.55. The summed E-state index contributed by atoms with van der Waals surface area (Å²) in [6, 6.07) is 0. The number of hydrogen-bond donors (Lipinski definition) is 0. The van der Waals surface area contributed by atoms with E-state index in [0.29, 0.717) is 0 Å². The molecule has 0 aliphatic carbocycles. The van der Waals surface area contributed by atoms with Gasteiger partial charge in [0, 0.05) is 0 Å². The van der Waals surface area contributed by atoms with E-state index < -0.39 is 0 Å². The van der Waals surface area contributed by atoms with Crippen LogP contribution in [0.25, 0.3) is 0 Å². The first-order valence-corrected chi connectivity index (χ1v) is 10.3. The van der Waals surface area contributed by atoms with Crippen LogP contribution < -0.4 is 0 Å². The molecule has 2 radical (unpaired) electrons. The Morgan fingerprint density at radius 2 is 2.38 bits per heavy atom. The van der Waals surface area contributed by atoms with Crippen molar-refractivity contribution in [1.29, 1.82) is 0 Å². The third-order valence-corrected chi connectivity index (χ3v) is 9.93. The van der Waals surface area contributed by atoms with Gasteiger partial charge in [0.25, 0.3) is 0 Å². The molecule has 0 N–H and O–H groups in total. The molecule has 1 aliphatic heterocycles. The van der Waals surface area contributed by atoms with Crippen LogP contribution in [-0.4, -0.2) is 26.4 Å². The molecular weight excluding hydrogens is 247 g/mol. The van der Waals surface area contributed by atoms with Crippen molar-refractivity contribution >= 4 is 38.8 Å². The Hall–Kier alpha value is 1.46. The number of hydrogen-bond acceptors (Lipinski definition) is 3. The molecule has 1 nitrogen and oxygen atoms in total. The van der Waals surface area contributed by atoms with Gasteiger partial charge in [0.05, 0.1) is 0 Å². The Morgan fingerprint density at radius 1 is 1.38 bits per heavy atom. The third-order valence-electron chi connectivity index (χ3n) is 0.898. The maximum absolute atomic E-state index is 5.20. The molecule has 1 fully saturated rings. The molecule has 0 amide bonds. The van der Waals surface area contributed by atoms with Crippen LogP contribution in [0.4, 0.5) is 0 Å². The quantitative estimate of drug-likeness (QED) is 0.373. The molecule has 0 bridgehead atoms. The van der Waals surface area contributed by atoms with Gasteiger partial charge in [-0.15, -0.1) is 0 Å². The Kier molecular flexibility index (Phi) is 4.97. The van der Waals surface area contributed by atoms with Gasteiger partial charge in [-0.25, -0.2) is 0 Å². The van der Waals surface area contributed by atoms with Gasteiger partial charge < -0.3 is 0 Å². The number of rotatable bonds is 0. The van der Waals surface area contributed by atoms with Crippen molar-refractivity contribution in [3.63, 3.8) is 0 Å². The first-order chi connectivity index (χ1) is 4.00. The fourth-order valence-corrected chi connectivity index (χ4v) is 8.30. The van der Waals surface area contributed by atoms with Crippen LogP contribution in [0.1, 0.15) is 12.8 Å². The average Bonchev–Trinajstić information content (AvgIpc) is 1.62. The van der Waals surface area contributed by atoms with Crippen molar-refractivity contribution in [3.05, 3.63) is 0 Å². The summed E-state index contributed by atoms with van der Waals surface area (Å²) >= 11 is 1.59. The van der Waals surface area contributed by atoms with Crippen LogP contribution in [0.5, 0.6) is 0 Å². The Morgan fingerprint density at radius 3 is 3.38 bits per heavy atom. The molecule has 46 valence electrons. The monoisotopic (exact) mass is 256 g/mol. The SMILES string of the molecule is C1C[CH2][Sn][S]SOC1. The van der Waals surface area contributed by atoms with E-state index in [4.69, 9.17) is 4.18 Å². The van der Waals surface area contributed by atoms with Crippen molar-refractivity contribution in [2.75, 3.05) is 6.61 Å². The Bertz CT molecular complexity index is 38.0. The van der Waals surface area contributed by atoms with E-state index >= 15 is 0 Å². The first-order valence-electron chi connectivity index (χ1n) is 2.68. The minimum absolute atomic E-state index is 0.0287. The molecule has 1 saturated heterocycles. The predicted molar refractivity (Wildman–Crippen MR) is 40.9 cm³/mol. The van der Waals surface area contributed by atoms with Crippen molar-refractivity contribution in [1.82, 2.24) is 0 Å². The van der Waals surface area contributed by atoms with Crippen LogP contribution >= 0.6 is 19.1 Å². The Labute approximate surface area is 66.6 Å². The summed E-state index contributed by atoms with van der Waals surface area (Å²) in [4.78, 5) is 0. The molecule has 0 aromatic rings. The zero-order chi connectivity index (χ0) is 5.66. The second-order valence-electron chi connectivity index (χ2n) is 1.57. The van der Waals surface area contributed by atoms with Crippen LogP contribution in [0.15, 0.2) is 0 Å². The molecule has 0 aromatic carbocycles. The van der Waals surface area contributed by atoms with Gasteiger partial charge in [-0.3, -0.25) is 0 Å². The van der Waals surface area contributed by atoms with E-state index in [1.54, 1.807) is 11.1 Å². The maximum atomic E-state index is 5.20. The van der Waals surface area contributed by atoms with Gasteiger partial charge in [0.15, 0.2) is 0 Å². The summed E-state index contributed by atoms with van der Waals surface area (Å²) in [5.41, 5.74) is 0. The summed E-state index contributed by atoms with van der Waals surface area (Å²) in [7, 11) is 1.99. The van der Waals surface area contributed by atoms with E-state index in [-0.39, 0.29) is 19.8 Å². The van der Waals surface area contributed by atoms with Crippen molar-refractivity contribution in [2.45, 2.75) is 17.3 Å². The van der Waals surface area contributed by atoms with Crippen molar-refractivity contribution < 1.29 is 4.18 Å². The van der Waals surface area contributed by atoms with Gasteiger partial charge in [-0.05, 0) is 0 Å². The van der Waals surface area contributed by atoms with Crippen LogP contribution in [0.2, 0.25) is 4.44 Å². The molecule has 1 aliphatic rings. The van der Waals surface area contributed by atoms with Gasteiger partial charge >= 0.3 is 66.9 Å². The second-order valence-corrected chi connectivity index (χ2v) is 11.5. The molecule has 8 heavy (non-hydrogen) atoms. The fraction of sp³-hybridized carbons (Fsp3) is 1.00. The molecular formula is C4H8OS2Sn. The molecule has 0 aromatic heterocycles. The second kappa shape index (κ2) is 5.26. The first kappa shape index (κ1) is 7.56. The van der Waals surface area contributed by atoms with Gasteiger partial charge in [-0.1, -0.05) is 0 Å². The van der Waals surface area contributed by atoms with E-state index in [0.717, 1.165) is 6.61 Å². The average molecular weight is 255 g/mol. The summed E-state index contributed by atoms with van der Waals surface area (Å²) in [6.45, 7) is 0.969. The van der Waals surface area contributed by atoms with Crippen molar-refractivity contribution in [3.8, 4) is 0 Å². The summed E-state index contributed by atoms with van der Waals surface area (Å²) < 4.78 is 6.73.